The van der Waals surface area contributed by atoms with Crippen LogP contribution in [0.1, 0.15) is 16.7 Å². The number of benzene rings is 3. The molecule has 3 nitrogen and oxygen atoms in total. The lowest BCUT2D eigenvalue weighted by Crippen LogP contribution is -2.33. The molecule has 0 aliphatic carbocycles. The quantitative estimate of drug-likeness (QED) is 0.283. The van der Waals surface area contributed by atoms with Gasteiger partial charge in [-0.15, -0.1) is 0 Å². The van der Waals surface area contributed by atoms with E-state index in [1.807, 2.05) is 12.1 Å². The fourth-order valence-corrected chi connectivity index (χ4v) is 4.24. The van der Waals surface area contributed by atoms with Crippen LogP contribution in [0.5, 0.6) is 11.5 Å². The summed E-state index contributed by atoms with van der Waals surface area (Å²) in [6.45, 7) is 11.9. The van der Waals surface area contributed by atoms with Crippen LogP contribution in [0.25, 0.3) is 37.8 Å². The number of rotatable bonds is 1. The predicted molar refractivity (Wildman–Crippen MR) is 108 cm³/mol. The van der Waals surface area contributed by atoms with E-state index in [0.717, 1.165) is 33.7 Å². The zero-order chi connectivity index (χ0) is 18.7. The Morgan fingerprint density at radius 2 is 1.85 bits per heavy atom. The second-order valence-corrected chi connectivity index (χ2v) is 7.28. The average molecular weight is 351 g/mol. The Morgan fingerprint density at radius 3 is 2.67 bits per heavy atom. The van der Waals surface area contributed by atoms with Crippen molar-refractivity contribution in [3.63, 3.8) is 0 Å². The van der Waals surface area contributed by atoms with E-state index in [-0.39, 0.29) is 0 Å². The van der Waals surface area contributed by atoms with Crippen molar-refractivity contribution in [3.8, 4) is 22.8 Å². The average Bonchev–Trinajstić information content (AvgIpc) is 2.65. The van der Waals surface area contributed by atoms with Gasteiger partial charge in [-0.1, -0.05) is 18.2 Å². The highest BCUT2D eigenvalue weighted by Gasteiger charge is 2.31. The molecule has 0 spiro atoms. The van der Waals surface area contributed by atoms with Gasteiger partial charge in [-0.05, 0) is 48.6 Å². The van der Waals surface area contributed by atoms with Gasteiger partial charge in [-0.3, -0.25) is 0 Å². The van der Waals surface area contributed by atoms with Crippen molar-refractivity contribution in [1.82, 2.24) is 0 Å². The molecule has 0 bridgehead atoms. The van der Waals surface area contributed by atoms with Crippen LogP contribution < -0.4 is 9.30 Å². The van der Waals surface area contributed by atoms with Gasteiger partial charge in [0.2, 0.25) is 12.1 Å². The van der Waals surface area contributed by atoms with Crippen LogP contribution in [0, 0.1) is 20.4 Å². The maximum Gasteiger partial charge on any atom is 0.256 e. The van der Waals surface area contributed by atoms with Gasteiger partial charge >= 0.3 is 0 Å². The fraction of sp³-hybridized carbons (Fsp3) is 0.167. The number of hydrogen-bond donors (Lipinski definition) is 0. The zero-order valence-corrected chi connectivity index (χ0v) is 15.6. The van der Waals surface area contributed by atoms with Crippen LogP contribution in [0.3, 0.4) is 0 Å². The Kier molecular flexibility index (Phi) is 3.26. The van der Waals surface area contributed by atoms with E-state index in [9.17, 15) is 0 Å². The number of nitrogens with zero attached hydrogens (tertiary/aromatic N) is 2. The second-order valence-electron chi connectivity index (χ2n) is 7.28. The van der Waals surface area contributed by atoms with E-state index in [0.29, 0.717) is 6.54 Å². The molecule has 0 fully saturated rings. The number of ether oxygens (including phenoxy) is 1. The molecule has 130 valence electrons. The first kappa shape index (κ1) is 15.8. The number of fused-ring (bicyclic) bond motifs is 3. The van der Waals surface area contributed by atoms with Crippen LogP contribution in [-0.2, 0) is 13.6 Å². The van der Waals surface area contributed by atoms with Gasteiger partial charge in [0.05, 0.1) is 10.9 Å². The largest absolute Gasteiger partial charge is 0.450 e. The lowest BCUT2D eigenvalue weighted by Gasteiger charge is -2.22. The molecule has 1 aromatic heterocycles. The summed E-state index contributed by atoms with van der Waals surface area (Å²) in [6, 6.07) is 16.9. The summed E-state index contributed by atoms with van der Waals surface area (Å²) >= 11 is 0. The van der Waals surface area contributed by atoms with E-state index in [4.69, 9.17) is 11.3 Å². The van der Waals surface area contributed by atoms with Crippen molar-refractivity contribution in [1.29, 1.82) is 0 Å². The summed E-state index contributed by atoms with van der Waals surface area (Å²) in [6.07, 6.45) is 0. The van der Waals surface area contributed by atoms with Crippen LogP contribution in [-0.4, -0.2) is 0 Å². The maximum atomic E-state index is 7.13. The minimum atomic E-state index is 0.401. The molecular formula is C24H19N2O+. The maximum absolute atomic E-state index is 7.13. The molecule has 0 radical (unpaired) electrons. The van der Waals surface area contributed by atoms with Crippen LogP contribution in [0.4, 0.5) is 0 Å². The van der Waals surface area contributed by atoms with Gasteiger partial charge in [0, 0.05) is 23.1 Å². The summed E-state index contributed by atoms with van der Waals surface area (Å²) < 4.78 is 8.58. The van der Waals surface area contributed by atoms with Crippen molar-refractivity contribution in [2.24, 2.45) is 7.05 Å². The summed E-state index contributed by atoms with van der Waals surface area (Å²) in [5.74, 6) is 1.79. The standard InChI is InChI=1S/C24H19N2O/c1-14-10-17-6-5-7-20-23(17)22(15(14)2)24-21(27-20)12-18-11-16(13-25-3)8-9-19(18)26(24)4/h5-12H,13H2,1-2,4H3/q+1. The van der Waals surface area contributed by atoms with Crippen molar-refractivity contribution >= 4 is 21.7 Å². The molecule has 1 aliphatic rings. The molecule has 0 saturated carbocycles. The van der Waals surface area contributed by atoms with Crippen molar-refractivity contribution in [2.75, 3.05) is 0 Å². The minimum absolute atomic E-state index is 0.401. The van der Waals surface area contributed by atoms with Gasteiger partial charge in [-0.2, -0.15) is 4.57 Å². The van der Waals surface area contributed by atoms with Crippen molar-refractivity contribution < 1.29 is 9.30 Å². The number of aromatic nitrogens is 1. The Morgan fingerprint density at radius 1 is 1.00 bits per heavy atom. The first-order valence-electron chi connectivity index (χ1n) is 9.08. The molecular weight excluding hydrogens is 332 g/mol. The molecule has 0 N–H and O–H groups in total. The highest BCUT2D eigenvalue weighted by Crippen LogP contribution is 2.47. The predicted octanol–water partition coefficient (Wildman–Crippen LogP) is 5.63. The van der Waals surface area contributed by atoms with E-state index < -0.39 is 0 Å². The Hall–Kier alpha value is -3.38. The third-order valence-electron chi connectivity index (χ3n) is 5.67. The molecule has 27 heavy (non-hydrogen) atoms. The summed E-state index contributed by atoms with van der Waals surface area (Å²) in [7, 11) is 2.10. The van der Waals surface area contributed by atoms with Gasteiger partial charge < -0.3 is 9.58 Å². The third-order valence-corrected chi connectivity index (χ3v) is 5.67. The Balaban J connectivity index is 1.91. The number of hydrogen-bond acceptors (Lipinski definition) is 1. The normalized spacial score (nSPS) is 11.9. The fourth-order valence-electron chi connectivity index (χ4n) is 4.24. The van der Waals surface area contributed by atoms with Gasteiger partial charge in [0.15, 0.2) is 5.75 Å². The molecule has 1 aliphatic heterocycles. The molecule has 0 atom stereocenters. The molecule has 0 amide bonds. The molecule has 2 heterocycles. The van der Waals surface area contributed by atoms with E-state index in [1.165, 1.54) is 27.5 Å². The third kappa shape index (κ3) is 2.17. The summed E-state index contributed by atoms with van der Waals surface area (Å²) in [5, 5.41) is 3.50. The van der Waals surface area contributed by atoms with Gasteiger partial charge in [0.25, 0.3) is 5.69 Å². The number of aryl methyl sites for hydroxylation is 2. The van der Waals surface area contributed by atoms with Crippen molar-refractivity contribution in [3.05, 3.63) is 76.6 Å². The van der Waals surface area contributed by atoms with E-state index >= 15 is 0 Å². The second kappa shape index (κ2) is 5.56. The zero-order valence-electron chi connectivity index (χ0n) is 15.6. The van der Waals surface area contributed by atoms with E-state index in [2.05, 4.69) is 66.7 Å². The minimum Gasteiger partial charge on any atom is -0.450 e. The topological polar surface area (TPSA) is 17.5 Å². The van der Waals surface area contributed by atoms with Crippen LogP contribution in [0.2, 0.25) is 0 Å². The molecule has 0 unspecified atom stereocenters. The summed E-state index contributed by atoms with van der Waals surface area (Å²) in [5.41, 5.74) is 7.12. The lowest BCUT2D eigenvalue weighted by molar-refractivity contribution is -0.633. The first-order chi connectivity index (χ1) is 13.1. The first-order valence-corrected chi connectivity index (χ1v) is 9.08. The summed E-state index contributed by atoms with van der Waals surface area (Å²) in [4.78, 5) is 3.51. The monoisotopic (exact) mass is 351 g/mol. The van der Waals surface area contributed by atoms with E-state index in [1.54, 1.807) is 0 Å². The van der Waals surface area contributed by atoms with Crippen molar-refractivity contribution in [2.45, 2.75) is 20.4 Å². The molecule has 3 heteroatoms. The smallest absolute Gasteiger partial charge is 0.256 e. The molecule has 3 aromatic carbocycles. The molecule has 0 saturated heterocycles. The van der Waals surface area contributed by atoms with Gasteiger partial charge in [0.1, 0.15) is 12.8 Å². The lowest BCUT2D eigenvalue weighted by atomic mass is 9.90. The highest BCUT2D eigenvalue weighted by molar-refractivity contribution is 6.05. The van der Waals surface area contributed by atoms with Crippen LogP contribution >= 0.6 is 0 Å². The number of pyridine rings is 1. The Bertz CT molecular complexity index is 1310. The van der Waals surface area contributed by atoms with Crippen LogP contribution in [0.15, 0.2) is 48.5 Å². The highest BCUT2D eigenvalue weighted by atomic mass is 16.5. The molecule has 5 rings (SSSR count). The van der Waals surface area contributed by atoms with Gasteiger partial charge in [-0.25, -0.2) is 6.57 Å². The Labute approximate surface area is 158 Å². The molecule has 4 aromatic rings. The SMILES string of the molecule is [C-]#[N+]Cc1ccc2c(c1)cc1c([n+]2C)-c2c(C)c(C)cc3cccc(c23)O1.